The smallest absolute Gasteiger partial charge is 0.257 e. The number of carbonyl (C=O) groups is 1. The second-order valence-electron chi connectivity index (χ2n) is 4.34. The zero-order valence-electron chi connectivity index (χ0n) is 11.5. The predicted molar refractivity (Wildman–Crippen MR) is 80.5 cm³/mol. The standard InChI is InChI=1S/C14H15ClN4O/c1-8-4-5-12(9(2)18-8)19-14(20)10-6-13(16-3)17-7-11(10)15/h4-7H,1-3H3,(H,16,17)(H,19,20). The van der Waals surface area contributed by atoms with Crippen LogP contribution >= 0.6 is 11.6 Å². The van der Waals surface area contributed by atoms with Gasteiger partial charge in [0.1, 0.15) is 5.82 Å². The first kappa shape index (κ1) is 14.3. The van der Waals surface area contributed by atoms with Gasteiger partial charge in [0.2, 0.25) is 0 Å². The molecule has 104 valence electrons. The first-order valence-electron chi connectivity index (χ1n) is 6.10. The molecule has 0 saturated carbocycles. The van der Waals surface area contributed by atoms with Crippen LogP contribution in [0.3, 0.4) is 0 Å². The third kappa shape index (κ3) is 3.05. The molecular formula is C14H15ClN4O. The number of hydrogen-bond acceptors (Lipinski definition) is 4. The fourth-order valence-corrected chi connectivity index (χ4v) is 1.95. The fourth-order valence-electron chi connectivity index (χ4n) is 1.76. The molecule has 1 amide bonds. The van der Waals surface area contributed by atoms with Crippen LogP contribution in [-0.2, 0) is 0 Å². The SMILES string of the molecule is CNc1cc(C(=O)Nc2ccc(C)nc2C)c(Cl)cn1. The molecule has 0 fully saturated rings. The number of aryl methyl sites for hydroxylation is 2. The number of nitrogens with one attached hydrogen (secondary N) is 2. The molecule has 0 saturated heterocycles. The average molecular weight is 291 g/mol. The van der Waals surface area contributed by atoms with E-state index in [1.807, 2.05) is 26.0 Å². The number of rotatable bonds is 3. The molecule has 2 heterocycles. The Morgan fingerprint density at radius 3 is 2.70 bits per heavy atom. The molecule has 2 aromatic heterocycles. The van der Waals surface area contributed by atoms with Crippen molar-refractivity contribution in [1.29, 1.82) is 0 Å². The van der Waals surface area contributed by atoms with Gasteiger partial charge in [-0.2, -0.15) is 0 Å². The lowest BCUT2D eigenvalue weighted by Crippen LogP contribution is -2.14. The van der Waals surface area contributed by atoms with E-state index in [4.69, 9.17) is 11.6 Å². The zero-order chi connectivity index (χ0) is 14.7. The molecule has 5 nitrogen and oxygen atoms in total. The lowest BCUT2D eigenvalue weighted by atomic mass is 10.2. The Morgan fingerprint density at radius 1 is 1.30 bits per heavy atom. The lowest BCUT2D eigenvalue weighted by Gasteiger charge is -2.10. The molecule has 0 aliphatic heterocycles. The second-order valence-corrected chi connectivity index (χ2v) is 4.75. The van der Waals surface area contributed by atoms with Gasteiger partial charge in [-0.05, 0) is 32.0 Å². The number of carbonyl (C=O) groups excluding carboxylic acids is 1. The summed E-state index contributed by atoms with van der Waals surface area (Å²) in [6, 6.07) is 5.27. The summed E-state index contributed by atoms with van der Waals surface area (Å²) in [6.45, 7) is 3.74. The first-order chi connectivity index (χ1) is 9.51. The summed E-state index contributed by atoms with van der Waals surface area (Å²) in [5.41, 5.74) is 2.70. The van der Waals surface area contributed by atoms with E-state index in [-0.39, 0.29) is 5.91 Å². The molecule has 6 heteroatoms. The van der Waals surface area contributed by atoms with E-state index >= 15 is 0 Å². The number of halogens is 1. The Morgan fingerprint density at radius 2 is 2.05 bits per heavy atom. The largest absolute Gasteiger partial charge is 0.373 e. The molecule has 0 aliphatic rings. The monoisotopic (exact) mass is 290 g/mol. The Labute approximate surface area is 122 Å². The van der Waals surface area contributed by atoms with Gasteiger partial charge in [-0.15, -0.1) is 0 Å². The summed E-state index contributed by atoms with van der Waals surface area (Å²) < 4.78 is 0. The molecule has 2 N–H and O–H groups in total. The van der Waals surface area contributed by atoms with Crippen LogP contribution in [0.5, 0.6) is 0 Å². The van der Waals surface area contributed by atoms with Crippen molar-refractivity contribution in [2.24, 2.45) is 0 Å². The normalized spacial score (nSPS) is 10.2. The van der Waals surface area contributed by atoms with Gasteiger partial charge in [0.05, 0.1) is 22.0 Å². The van der Waals surface area contributed by atoms with E-state index in [1.54, 1.807) is 13.1 Å². The van der Waals surface area contributed by atoms with Gasteiger partial charge in [-0.1, -0.05) is 11.6 Å². The third-order valence-electron chi connectivity index (χ3n) is 2.83. The molecule has 0 spiro atoms. The highest BCUT2D eigenvalue weighted by Crippen LogP contribution is 2.20. The quantitative estimate of drug-likeness (QED) is 0.912. The fraction of sp³-hybridized carbons (Fsp3) is 0.214. The molecule has 2 rings (SSSR count). The van der Waals surface area contributed by atoms with Crippen molar-refractivity contribution in [2.45, 2.75) is 13.8 Å². The first-order valence-corrected chi connectivity index (χ1v) is 6.48. The van der Waals surface area contributed by atoms with Crippen molar-refractivity contribution in [3.63, 3.8) is 0 Å². The molecule has 0 aliphatic carbocycles. The third-order valence-corrected chi connectivity index (χ3v) is 3.13. The minimum atomic E-state index is -0.289. The predicted octanol–water partition coefficient (Wildman–Crippen LogP) is 3.04. The van der Waals surface area contributed by atoms with Gasteiger partial charge in [0.15, 0.2) is 0 Å². The number of anilines is 2. The topological polar surface area (TPSA) is 66.9 Å². The summed E-state index contributed by atoms with van der Waals surface area (Å²) in [5, 5.41) is 5.98. The van der Waals surface area contributed by atoms with Gasteiger partial charge in [0.25, 0.3) is 5.91 Å². The average Bonchev–Trinajstić information content (AvgIpc) is 2.42. The van der Waals surface area contributed by atoms with E-state index in [0.29, 0.717) is 22.1 Å². The van der Waals surface area contributed by atoms with E-state index in [1.165, 1.54) is 6.20 Å². The van der Waals surface area contributed by atoms with Gasteiger partial charge in [0, 0.05) is 18.9 Å². The minimum Gasteiger partial charge on any atom is -0.373 e. The van der Waals surface area contributed by atoms with Crippen molar-refractivity contribution < 1.29 is 4.79 Å². The Bertz CT molecular complexity index is 658. The number of pyridine rings is 2. The molecule has 0 bridgehead atoms. The van der Waals surface area contributed by atoms with E-state index in [2.05, 4.69) is 20.6 Å². The zero-order valence-corrected chi connectivity index (χ0v) is 12.2. The highest BCUT2D eigenvalue weighted by molar-refractivity contribution is 6.34. The van der Waals surface area contributed by atoms with Crippen LogP contribution in [0.25, 0.3) is 0 Å². The van der Waals surface area contributed by atoms with E-state index < -0.39 is 0 Å². The Kier molecular flexibility index (Phi) is 4.20. The van der Waals surface area contributed by atoms with Crippen LogP contribution in [0.1, 0.15) is 21.7 Å². The van der Waals surface area contributed by atoms with Crippen LogP contribution in [0.2, 0.25) is 5.02 Å². The van der Waals surface area contributed by atoms with Gasteiger partial charge in [-0.3, -0.25) is 9.78 Å². The summed E-state index contributed by atoms with van der Waals surface area (Å²) in [5.74, 6) is 0.293. The molecule has 20 heavy (non-hydrogen) atoms. The molecule has 2 aromatic rings. The Balaban J connectivity index is 2.28. The van der Waals surface area contributed by atoms with Crippen molar-refractivity contribution in [3.05, 3.63) is 46.4 Å². The number of aromatic nitrogens is 2. The molecular weight excluding hydrogens is 276 g/mol. The number of nitrogens with zero attached hydrogens (tertiary/aromatic N) is 2. The van der Waals surface area contributed by atoms with Gasteiger partial charge >= 0.3 is 0 Å². The van der Waals surface area contributed by atoms with Crippen molar-refractivity contribution in [3.8, 4) is 0 Å². The summed E-state index contributed by atoms with van der Waals surface area (Å²) >= 11 is 6.01. The molecule has 0 unspecified atom stereocenters. The summed E-state index contributed by atoms with van der Waals surface area (Å²) in [7, 11) is 1.73. The second kappa shape index (κ2) is 5.88. The highest BCUT2D eigenvalue weighted by atomic mass is 35.5. The number of amides is 1. The Hall–Kier alpha value is -2.14. The molecule has 0 atom stereocenters. The highest BCUT2D eigenvalue weighted by Gasteiger charge is 2.13. The van der Waals surface area contributed by atoms with Crippen molar-refractivity contribution in [1.82, 2.24) is 9.97 Å². The lowest BCUT2D eigenvalue weighted by molar-refractivity contribution is 0.102. The maximum atomic E-state index is 12.3. The van der Waals surface area contributed by atoms with Crippen LogP contribution in [-0.4, -0.2) is 22.9 Å². The summed E-state index contributed by atoms with van der Waals surface area (Å²) in [4.78, 5) is 20.6. The van der Waals surface area contributed by atoms with Crippen LogP contribution in [0, 0.1) is 13.8 Å². The maximum Gasteiger partial charge on any atom is 0.257 e. The summed E-state index contributed by atoms with van der Waals surface area (Å²) in [6.07, 6.45) is 1.45. The maximum absolute atomic E-state index is 12.3. The van der Waals surface area contributed by atoms with E-state index in [0.717, 1.165) is 11.4 Å². The van der Waals surface area contributed by atoms with Gasteiger partial charge in [-0.25, -0.2) is 4.98 Å². The minimum absolute atomic E-state index is 0.289. The van der Waals surface area contributed by atoms with Crippen LogP contribution < -0.4 is 10.6 Å². The molecule has 0 radical (unpaired) electrons. The van der Waals surface area contributed by atoms with E-state index in [9.17, 15) is 4.79 Å². The molecule has 0 aromatic carbocycles. The van der Waals surface area contributed by atoms with Crippen LogP contribution in [0.15, 0.2) is 24.4 Å². The van der Waals surface area contributed by atoms with Crippen molar-refractivity contribution >= 4 is 29.0 Å². The number of hydrogen-bond donors (Lipinski definition) is 2. The van der Waals surface area contributed by atoms with Crippen LogP contribution in [0.4, 0.5) is 11.5 Å². The van der Waals surface area contributed by atoms with Gasteiger partial charge < -0.3 is 10.6 Å². The van der Waals surface area contributed by atoms with Crippen molar-refractivity contribution in [2.75, 3.05) is 17.7 Å².